The van der Waals surface area contributed by atoms with Crippen molar-refractivity contribution < 1.29 is 0 Å². The second kappa shape index (κ2) is 3.47. The fourth-order valence-electron chi connectivity index (χ4n) is 3.14. The van der Waals surface area contributed by atoms with Gasteiger partial charge in [0.2, 0.25) is 0 Å². The second-order valence-corrected chi connectivity index (χ2v) is 4.97. The maximum absolute atomic E-state index is 4.26. The normalized spacial score (nSPS) is 33.3. The van der Waals surface area contributed by atoms with Crippen molar-refractivity contribution in [2.75, 3.05) is 5.32 Å². The number of aryl methyl sites for hydroxylation is 1. The summed E-state index contributed by atoms with van der Waals surface area (Å²) in [5.41, 5.74) is 1.04. The Balaban J connectivity index is 1.71. The molecule has 1 heterocycles. The van der Waals surface area contributed by atoms with Crippen LogP contribution >= 0.6 is 0 Å². The Morgan fingerprint density at radius 1 is 1.27 bits per heavy atom. The van der Waals surface area contributed by atoms with Gasteiger partial charge in [0, 0.05) is 17.8 Å². The van der Waals surface area contributed by atoms with Crippen LogP contribution in [0.5, 0.6) is 0 Å². The lowest BCUT2D eigenvalue weighted by atomic mass is 9.95. The van der Waals surface area contributed by atoms with E-state index in [1.807, 2.05) is 13.0 Å². The molecule has 0 aromatic carbocycles. The molecule has 2 fully saturated rings. The molecule has 3 unspecified atom stereocenters. The average Bonchev–Trinajstić information content (AvgIpc) is 2.79. The molecule has 2 aliphatic carbocycles. The summed E-state index contributed by atoms with van der Waals surface area (Å²) in [7, 11) is 0. The summed E-state index contributed by atoms with van der Waals surface area (Å²) in [6.07, 6.45) is 7.28. The van der Waals surface area contributed by atoms with Crippen molar-refractivity contribution >= 4 is 5.82 Å². The van der Waals surface area contributed by atoms with E-state index in [0.29, 0.717) is 6.04 Å². The minimum Gasteiger partial charge on any atom is -0.367 e. The van der Waals surface area contributed by atoms with Gasteiger partial charge in [0.1, 0.15) is 12.1 Å². The van der Waals surface area contributed by atoms with Crippen LogP contribution in [-0.4, -0.2) is 16.0 Å². The number of hydrogen-bond acceptors (Lipinski definition) is 3. The van der Waals surface area contributed by atoms with Crippen molar-refractivity contribution in [1.29, 1.82) is 0 Å². The van der Waals surface area contributed by atoms with Crippen LogP contribution in [0, 0.1) is 18.8 Å². The molecular weight excluding hydrogens is 186 g/mol. The largest absolute Gasteiger partial charge is 0.367 e. The number of hydrogen-bond donors (Lipinski definition) is 1. The Bertz CT molecular complexity index is 364. The van der Waals surface area contributed by atoms with Gasteiger partial charge in [0.15, 0.2) is 0 Å². The monoisotopic (exact) mass is 203 g/mol. The molecule has 2 saturated carbocycles. The predicted octanol–water partition coefficient (Wildman–Crippen LogP) is 2.39. The molecule has 0 aliphatic heterocycles. The van der Waals surface area contributed by atoms with Gasteiger partial charge in [-0.2, -0.15) is 0 Å². The average molecular weight is 203 g/mol. The van der Waals surface area contributed by atoms with Crippen LogP contribution in [0.1, 0.15) is 31.4 Å². The van der Waals surface area contributed by atoms with Gasteiger partial charge in [-0.15, -0.1) is 0 Å². The lowest BCUT2D eigenvalue weighted by molar-refractivity contribution is 0.439. The number of fused-ring (bicyclic) bond motifs is 2. The van der Waals surface area contributed by atoms with Crippen molar-refractivity contribution in [3.8, 4) is 0 Å². The molecule has 0 radical (unpaired) electrons. The Morgan fingerprint density at radius 3 is 2.87 bits per heavy atom. The molecule has 2 aliphatic rings. The van der Waals surface area contributed by atoms with E-state index in [0.717, 1.165) is 23.3 Å². The lowest BCUT2D eigenvalue weighted by Crippen LogP contribution is -2.26. The number of nitrogens with zero attached hydrogens (tertiary/aromatic N) is 2. The van der Waals surface area contributed by atoms with E-state index < -0.39 is 0 Å². The van der Waals surface area contributed by atoms with E-state index in [9.17, 15) is 0 Å². The zero-order valence-electron chi connectivity index (χ0n) is 9.11. The van der Waals surface area contributed by atoms with Gasteiger partial charge in [-0.25, -0.2) is 9.97 Å². The number of rotatable bonds is 2. The van der Waals surface area contributed by atoms with Crippen LogP contribution in [-0.2, 0) is 0 Å². The van der Waals surface area contributed by atoms with Crippen LogP contribution in [0.15, 0.2) is 12.4 Å². The molecule has 3 atom stereocenters. The topological polar surface area (TPSA) is 37.8 Å². The van der Waals surface area contributed by atoms with Gasteiger partial charge < -0.3 is 5.32 Å². The summed E-state index contributed by atoms with van der Waals surface area (Å²) in [6, 6.07) is 2.70. The quantitative estimate of drug-likeness (QED) is 0.802. The summed E-state index contributed by atoms with van der Waals surface area (Å²) in [6.45, 7) is 2.01. The predicted molar refractivity (Wildman–Crippen MR) is 59.6 cm³/mol. The summed E-state index contributed by atoms with van der Waals surface area (Å²) < 4.78 is 0. The highest BCUT2D eigenvalue weighted by molar-refractivity contribution is 5.36. The lowest BCUT2D eigenvalue weighted by Gasteiger charge is -2.23. The van der Waals surface area contributed by atoms with Crippen LogP contribution in [0.2, 0.25) is 0 Å². The van der Waals surface area contributed by atoms with Crippen molar-refractivity contribution in [2.24, 2.45) is 11.8 Å². The van der Waals surface area contributed by atoms with Crippen molar-refractivity contribution in [3.05, 3.63) is 18.1 Å². The Hall–Kier alpha value is -1.12. The minimum atomic E-state index is 0.665. The molecule has 0 spiro atoms. The van der Waals surface area contributed by atoms with Crippen LogP contribution in [0.25, 0.3) is 0 Å². The first-order valence-electron chi connectivity index (χ1n) is 5.86. The van der Waals surface area contributed by atoms with E-state index in [2.05, 4.69) is 15.3 Å². The molecule has 3 nitrogen and oxygen atoms in total. The minimum absolute atomic E-state index is 0.665. The van der Waals surface area contributed by atoms with Crippen LogP contribution in [0.4, 0.5) is 5.82 Å². The molecule has 0 amide bonds. The second-order valence-electron chi connectivity index (χ2n) is 4.97. The first kappa shape index (κ1) is 9.13. The van der Waals surface area contributed by atoms with Crippen molar-refractivity contribution in [2.45, 2.75) is 38.6 Å². The first-order chi connectivity index (χ1) is 7.31. The Morgan fingerprint density at radius 2 is 2.20 bits per heavy atom. The van der Waals surface area contributed by atoms with E-state index in [-0.39, 0.29) is 0 Å². The SMILES string of the molecule is Cc1cc(NC2CC3CCC2C3)ncn1. The molecule has 80 valence electrons. The standard InChI is InChI=1S/C12H17N3/c1-8-4-12(14-7-13-8)15-11-6-9-2-3-10(11)5-9/h4,7,9-11H,2-3,5-6H2,1H3,(H,13,14,15). The highest BCUT2D eigenvalue weighted by Crippen LogP contribution is 2.45. The summed E-state index contributed by atoms with van der Waals surface area (Å²) >= 11 is 0. The fourth-order valence-corrected chi connectivity index (χ4v) is 3.14. The molecule has 1 aromatic rings. The zero-order chi connectivity index (χ0) is 10.3. The van der Waals surface area contributed by atoms with Crippen LogP contribution in [0.3, 0.4) is 0 Å². The van der Waals surface area contributed by atoms with Crippen molar-refractivity contribution in [3.63, 3.8) is 0 Å². The van der Waals surface area contributed by atoms with Crippen LogP contribution < -0.4 is 5.32 Å². The Labute approximate surface area is 90.3 Å². The summed E-state index contributed by atoms with van der Waals surface area (Å²) in [5, 5.41) is 3.56. The third kappa shape index (κ3) is 1.71. The number of nitrogens with one attached hydrogen (secondary N) is 1. The highest BCUT2D eigenvalue weighted by atomic mass is 15.0. The van der Waals surface area contributed by atoms with Gasteiger partial charge in [-0.05, 0) is 38.0 Å². The molecule has 2 bridgehead atoms. The van der Waals surface area contributed by atoms with Crippen molar-refractivity contribution in [1.82, 2.24) is 9.97 Å². The molecule has 3 heteroatoms. The van der Waals surface area contributed by atoms with Gasteiger partial charge in [0.05, 0.1) is 0 Å². The van der Waals surface area contributed by atoms with E-state index in [1.54, 1.807) is 6.33 Å². The number of aromatic nitrogens is 2. The smallest absolute Gasteiger partial charge is 0.129 e. The van der Waals surface area contributed by atoms with Gasteiger partial charge in [0.25, 0.3) is 0 Å². The highest BCUT2D eigenvalue weighted by Gasteiger charge is 2.39. The van der Waals surface area contributed by atoms with E-state index >= 15 is 0 Å². The molecule has 0 saturated heterocycles. The molecule has 1 aromatic heterocycles. The summed E-state index contributed by atoms with van der Waals surface area (Å²) in [5.74, 6) is 2.88. The van der Waals surface area contributed by atoms with Gasteiger partial charge >= 0.3 is 0 Å². The summed E-state index contributed by atoms with van der Waals surface area (Å²) in [4.78, 5) is 8.38. The van der Waals surface area contributed by atoms with Gasteiger partial charge in [-0.3, -0.25) is 0 Å². The fraction of sp³-hybridized carbons (Fsp3) is 0.667. The maximum atomic E-state index is 4.26. The van der Waals surface area contributed by atoms with E-state index in [4.69, 9.17) is 0 Å². The zero-order valence-corrected chi connectivity index (χ0v) is 9.11. The molecule has 3 rings (SSSR count). The Kier molecular flexibility index (Phi) is 2.11. The molecule has 15 heavy (non-hydrogen) atoms. The third-order valence-corrected chi connectivity index (χ3v) is 3.88. The third-order valence-electron chi connectivity index (χ3n) is 3.88. The number of anilines is 1. The first-order valence-corrected chi connectivity index (χ1v) is 5.86. The molecular formula is C12H17N3. The van der Waals surface area contributed by atoms with Gasteiger partial charge in [-0.1, -0.05) is 6.42 Å². The maximum Gasteiger partial charge on any atom is 0.129 e. The molecule has 1 N–H and O–H groups in total. The van der Waals surface area contributed by atoms with E-state index in [1.165, 1.54) is 25.7 Å².